The third-order valence-electron chi connectivity index (χ3n) is 4.31. The number of hydrogen-bond donors (Lipinski definition) is 2. The van der Waals surface area contributed by atoms with Crippen molar-refractivity contribution in [2.75, 3.05) is 13.1 Å². The van der Waals surface area contributed by atoms with Gasteiger partial charge in [0.05, 0.1) is 0 Å². The standard InChI is InChI=1S/C17H22FN3O/c1-11(2)20-17(22)21-7-5-12(6-8-21)15-10-19-16-9-13(18)3-4-14(15)16/h3-4,9-12,19H,5-8H2,1-2H3,(H,20,22). The molecule has 1 aromatic heterocycles. The van der Waals surface area contributed by atoms with E-state index < -0.39 is 0 Å². The largest absolute Gasteiger partial charge is 0.361 e. The van der Waals surface area contributed by atoms with E-state index in [1.807, 2.05) is 31.0 Å². The molecule has 0 bridgehead atoms. The minimum Gasteiger partial charge on any atom is -0.361 e. The van der Waals surface area contributed by atoms with Crippen molar-refractivity contribution in [1.29, 1.82) is 0 Å². The molecule has 0 saturated carbocycles. The molecular formula is C17H22FN3O. The Bertz CT molecular complexity index is 672. The molecule has 2 N–H and O–H groups in total. The summed E-state index contributed by atoms with van der Waals surface area (Å²) < 4.78 is 13.3. The quantitative estimate of drug-likeness (QED) is 0.875. The van der Waals surface area contributed by atoms with Crippen molar-refractivity contribution in [3.63, 3.8) is 0 Å². The Kier molecular flexibility index (Phi) is 4.05. The first kappa shape index (κ1) is 14.9. The zero-order valence-electron chi connectivity index (χ0n) is 13.0. The molecule has 1 aromatic carbocycles. The summed E-state index contributed by atoms with van der Waals surface area (Å²) in [4.78, 5) is 17.1. The maximum atomic E-state index is 13.3. The second-order valence-electron chi connectivity index (χ2n) is 6.30. The number of nitrogens with zero attached hydrogens (tertiary/aromatic N) is 1. The average Bonchev–Trinajstić information content (AvgIpc) is 2.89. The van der Waals surface area contributed by atoms with Crippen LogP contribution < -0.4 is 5.32 Å². The van der Waals surface area contributed by atoms with E-state index in [1.54, 1.807) is 0 Å². The van der Waals surface area contributed by atoms with Crippen LogP contribution in [0.2, 0.25) is 0 Å². The lowest BCUT2D eigenvalue weighted by atomic mass is 9.89. The number of H-pyrrole nitrogens is 1. The van der Waals surface area contributed by atoms with E-state index in [9.17, 15) is 9.18 Å². The number of halogens is 1. The van der Waals surface area contributed by atoms with E-state index in [0.29, 0.717) is 5.92 Å². The van der Waals surface area contributed by atoms with Gasteiger partial charge in [-0.15, -0.1) is 0 Å². The van der Waals surface area contributed by atoms with E-state index in [2.05, 4.69) is 10.3 Å². The predicted molar refractivity (Wildman–Crippen MR) is 85.5 cm³/mol. The van der Waals surface area contributed by atoms with Crippen LogP contribution in [-0.2, 0) is 0 Å². The Morgan fingerprint density at radius 3 is 2.77 bits per heavy atom. The van der Waals surface area contributed by atoms with Crippen LogP contribution in [0.15, 0.2) is 24.4 Å². The van der Waals surface area contributed by atoms with E-state index in [-0.39, 0.29) is 17.9 Å². The van der Waals surface area contributed by atoms with Gasteiger partial charge in [-0.2, -0.15) is 0 Å². The second kappa shape index (κ2) is 5.99. The molecule has 1 aliphatic heterocycles. The molecule has 0 unspecified atom stereocenters. The van der Waals surface area contributed by atoms with E-state index >= 15 is 0 Å². The maximum absolute atomic E-state index is 13.3. The minimum absolute atomic E-state index is 0.0226. The highest BCUT2D eigenvalue weighted by Crippen LogP contribution is 2.33. The van der Waals surface area contributed by atoms with E-state index in [0.717, 1.165) is 36.8 Å². The van der Waals surface area contributed by atoms with Crippen molar-refractivity contribution in [3.8, 4) is 0 Å². The highest BCUT2D eigenvalue weighted by Gasteiger charge is 2.25. The third-order valence-corrected chi connectivity index (χ3v) is 4.31. The van der Waals surface area contributed by atoms with Crippen LogP contribution >= 0.6 is 0 Å². The lowest BCUT2D eigenvalue weighted by Crippen LogP contribution is -2.46. The fourth-order valence-electron chi connectivity index (χ4n) is 3.19. The number of fused-ring (bicyclic) bond motifs is 1. The van der Waals surface area contributed by atoms with Crippen LogP contribution in [0.1, 0.15) is 38.2 Å². The topological polar surface area (TPSA) is 48.1 Å². The summed E-state index contributed by atoms with van der Waals surface area (Å²) >= 11 is 0. The Hall–Kier alpha value is -2.04. The van der Waals surface area contributed by atoms with Gasteiger partial charge in [0.15, 0.2) is 0 Å². The normalized spacial score (nSPS) is 16.5. The molecule has 0 spiro atoms. The van der Waals surface area contributed by atoms with Crippen LogP contribution in [0, 0.1) is 5.82 Å². The van der Waals surface area contributed by atoms with Gasteiger partial charge in [0.25, 0.3) is 0 Å². The van der Waals surface area contributed by atoms with Crippen LogP contribution in [0.5, 0.6) is 0 Å². The number of amides is 2. The fourth-order valence-corrected chi connectivity index (χ4v) is 3.19. The van der Waals surface area contributed by atoms with Gasteiger partial charge in [-0.05, 0) is 56.4 Å². The summed E-state index contributed by atoms with van der Waals surface area (Å²) in [6.07, 6.45) is 3.87. The summed E-state index contributed by atoms with van der Waals surface area (Å²) in [6.45, 7) is 5.46. The number of aromatic nitrogens is 1. The molecule has 118 valence electrons. The van der Waals surface area contributed by atoms with Gasteiger partial charge in [0.2, 0.25) is 0 Å². The molecule has 2 amide bonds. The highest BCUT2D eigenvalue weighted by molar-refractivity contribution is 5.83. The van der Waals surface area contributed by atoms with Gasteiger partial charge in [-0.1, -0.05) is 0 Å². The third kappa shape index (κ3) is 2.93. The fraction of sp³-hybridized carbons (Fsp3) is 0.471. The van der Waals surface area contributed by atoms with Crippen LogP contribution in [0.4, 0.5) is 9.18 Å². The number of carbonyl (C=O) groups is 1. The second-order valence-corrected chi connectivity index (χ2v) is 6.30. The van der Waals surface area contributed by atoms with Gasteiger partial charge >= 0.3 is 6.03 Å². The molecule has 0 radical (unpaired) electrons. The molecule has 22 heavy (non-hydrogen) atoms. The smallest absolute Gasteiger partial charge is 0.317 e. The molecule has 0 aliphatic carbocycles. The molecule has 1 saturated heterocycles. The Morgan fingerprint density at radius 2 is 2.09 bits per heavy atom. The molecule has 2 aromatic rings. The van der Waals surface area contributed by atoms with E-state index in [1.165, 1.54) is 17.7 Å². The number of piperidine rings is 1. The van der Waals surface area contributed by atoms with Crippen LogP contribution in [0.3, 0.4) is 0 Å². The summed E-state index contributed by atoms with van der Waals surface area (Å²) in [6, 6.07) is 5.06. The van der Waals surface area contributed by atoms with Crippen LogP contribution in [-0.4, -0.2) is 35.0 Å². The van der Waals surface area contributed by atoms with Crippen molar-refractivity contribution < 1.29 is 9.18 Å². The van der Waals surface area contributed by atoms with Gasteiger partial charge in [0.1, 0.15) is 5.82 Å². The van der Waals surface area contributed by atoms with Gasteiger partial charge in [-0.3, -0.25) is 0 Å². The zero-order valence-corrected chi connectivity index (χ0v) is 13.0. The summed E-state index contributed by atoms with van der Waals surface area (Å²) in [5, 5.41) is 4.03. The molecule has 2 heterocycles. The van der Waals surface area contributed by atoms with Crippen molar-refractivity contribution in [2.24, 2.45) is 0 Å². The minimum atomic E-state index is -0.221. The number of carbonyl (C=O) groups excluding carboxylic acids is 1. The summed E-state index contributed by atoms with van der Waals surface area (Å²) in [5.74, 6) is 0.198. The molecule has 5 heteroatoms. The van der Waals surface area contributed by atoms with Crippen molar-refractivity contribution in [1.82, 2.24) is 15.2 Å². The first-order valence-electron chi connectivity index (χ1n) is 7.86. The number of aromatic amines is 1. The van der Waals surface area contributed by atoms with Crippen molar-refractivity contribution >= 4 is 16.9 Å². The van der Waals surface area contributed by atoms with Crippen molar-refractivity contribution in [3.05, 3.63) is 35.8 Å². The Balaban J connectivity index is 1.69. The Labute approximate surface area is 129 Å². The van der Waals surface area contributed by atoms with E-state index in [4.69, 9.17) is 0 Å². The first-order valence-corrected chi connectivity index (χ1v) is 7.86. The molecule has 4 nitrogen and oxygen atoms in total. The SMILES string of the molecule is CC(C)NC(=O)N1CCC(c2c[nH]c3cc(F)ccc23)CC1. The molecule has 1 aliphatic rings. The number of urea groups is 1. The molecule has 1 fully saturated rings. The summed E-state index contributed by atoms with van der Waals surface area (Å²) in [5.41, 5.74) is 2.08. The number of benzene rings is 1. The monoisotopic (exact) mass is 303 g/mol. The van der Waals surface area contributed by atoms with Crippen LogP contribution in [0.25, 0.3) is 10.9 Å². The number of nitrogens with one attached hydrogen (secondary N) is 2. The number of likely N-dealkylation sites (tertiary alicyclic amines) is 1. The average molecular weight is 303 g/mol. The number of hydrogen-bond acceptors (Lipinski definition) is 1. The van der Waals surface area contributed by atoms with Gasteiger partial charge in [0, 0.05) is 36.2 Å². The van der Waals surface area contributed by atoms with Crippen molar-refractivity contribution in [2.45, 2.75) is 38.6 Å². The number of rotatable bonds is 2. The highest BCUT2D eigenvalue weighted by atomic mass is 19.1. The molecule has 3 rings (SSSR count). The Morgan fingerprint density at radius 1 is 1.36 bits per heavy atom. The maximum Gasteiger partial charge on any atom is 0.317 e. The first-order chi connectivity index (χ1) is 10.5. The lowest BCUT2D eigenvalue weighted by molar-refractivity contribution is 0.179. The molecule has 0 atom stereocenters. The van der Waals surface area contributed by atoms with Gasteiger partial charge < -0.3 is 15.2 Å². The van der Waals surface area contributed by atoms with Gasteiger partial charge in [-0.25, -0.2) is 9.18 Å². The summed E-state index contributed by atoms with van der Waals surface area (Å²) in [7, 11) is 0. The predicted octanol–water partition coefficient (Wildman–Crippen LogP) is 3.60. The molecular weight excluding hydrogens is 281 g/mol. The zero-order chi connectivity index (χ0) is 15.7. The lowest BCUT2D eigenvalue weighted by Gasteiger charge is -2.32.